The molecule has 0 fully saturated rings. The van der Waals surface area contributed by atoms with Crippen LogP contribution in [0.25, 0.3) is 0 Å². The number of hydrogen-bond donors (Lipinski definition) is 0. The quantitative estimate of drug-likeness (QED) is 0.363. The van der Waals surface area contributed by atoms with Gasteiger partial charge in [-0.25, -0.2) is 0 Å². The molecule has 0 N–H and O–H groups in total. The molecule has 5 heteroatoms. The van der Waals surface area contributed by atoms with Crippen molar-refractivity contribution in [3.8, 4) is 0 Å². The molecule has 0 unspecified atom stereocenters. The van der Waals surface area contributed by atoms with Crippen molar-refractivity contribution in [2.45, 2.75) is 0 Å². The number of benzene rings is 2. The fourth-order valence-electron chi connectivity index (χ4n) is 1.28. The van der Waals surface area contributed by atoms with E-state index in [2.05, 4.69) is 26.0 Å². The Kier molecular flexibility index (Phi) is 20.3. The molecule has 0 aromatic heterocycles. The summed E-state index contributed by atoms with van der Waals surface area (Å²) in [6.07, 6.45) is 0. The van der Waals surface area contributed by atoms with E-state index in [9.17, 15) is 4.79 Å². The second-order valence-corrected chi connectivity index (χ2v) is 2.97. The van der Waals surface area contributed by atoms with Crippen molar-refractivity contribution in [3.63, 3.8) is 0 Å². The monoisotopic (exact) mass is 320 g/mol. The standard InChI is InChI=1S/C13H9O.3CO.Mn/c14-13(11-7-3-1-4-8-11)12-9-5-2-6-10-12;3*1-2;/h1-9H;;;;/q-1;;;;. The van der Waals surface area contributed by atoms with Crippen molar-refractivity contribution in [3.05, 3.63) is 91.7 Å². The molecule has 0 heterocycles. The summed E-state index contributed by atoms with van der Waals surface area (Å²) >= 11 is 0. The van der Waals surface area contributed by atoms with Crippen molar-refractivity contribution < 1.29 is 35.8 Å². The summed E-state index contributed by atoms with van der Waals surface area (Å²) in [4.78, 5) is 11.8. The Hall–Kier alpha value is -2.15. The SMILES string of the molecule is O=C(c1[c-]cccc1)c1ccccc1.[C-]#[O+].[C-]#[O+].[C-]#[O+].[Mn]. The molecule has 0 aliphatic carbocycles. The van der Waals surface area contributed by atoms with Crippen LogP contribution in [0.15, 0.2) is 54.6 Å². The van der Waals surface area contributed by atoms with E-state index in [-0.39, 0.29) is 22.9 Å². The summed E-state index contributed by atoms with van der Waals surface area (Å²) in [5, 5.41) is 0. The van der Waals surface area contributed by atoms with E-state index in [4.69, 9.17) is 14.0 Å². The minimum atomic E-state index is 0. The van der Waals surface area contributed by atoms with Crippen LogP contribution in [0.2, 0.25) is 0 Å². The van der Waals surface area contributed by atoms with Gasteiger partial charge in [-0.1, -0.05) is 30.3 Å². The summed E-state index contributed by atoms with van der Waals surface area (Å²) in [6, 6.07) is 19.4. The fourth-order valence-corrected chi connectivity index (χ4v) is 1.28. The maximum absolute atomic E-state index is 11.8. The first-order valence-corrected chi connectivity index (χ1v) is 5.05. The van der Waals surface area contributed by atoms with Crippen molar-refractivity contribution in [1.29, 1.82) is 0 Å². The molecule has 0 aliphatic rings. The van der Waals surface area contributed by atoms with Gasteiger partial charge in [0, 0.05) is 17.1 Å². The van der Waals surface area contributed by atoms with E-state index in [1.165, 1.54) is 0 Å². The largest absolute Gasteiger partial charge is 0 e. The van der Waals surface area contributed by atoms with Gasteiger partial charge in [-0.15, -0.1) is 35.9 Å². The average Bonchev–Trinajstić information content (AvgIpc) is 2.61. The van der Waals surface area contributed by atoms with Crippen LogP contribution in [0.4, 0.5) is 0 Å². The van der Waals surface area contributed by atoms with Gasteiger partial charge in [0.05, 0.1) is 0 Å². The van der Waals surface area contributed by atoms with Crippen LogP contribution in [0, 0.1) is 26.0 Å². The Bertz CT molecular complexity index is 489. The molecule has 2 aromatic rings. The van der Waals surface area contributed by atoms with Gasteiger partial charge in [0.2, 0.25) is 0 Å². The van der Waals surface area contributed by atoms with E-state index in [0.29, 0.717) is 11.1 Å². The molecule has 0 bridgehead atoms. The predicted molar refractivity (Wildman–Crippen MR) is 66.9 cm³/mol. The molecule has 0 atom stereocenters. The molecule has 1 radical (unpaired) electrons. The number of carbonyl (C=O) groups is 1. The summed E-state index contributed by atoms with van der Waals surface area (Å²) in [6.45, 7) is 13.5. The molecule has 0 aliphatic heterocycles. The molecule has 2 rings (SSSR count). The molecule has 0 spiro atoms. The van der Waals surface area contributed by atoms with Crippen LogP contribution in [0.5, 0.6) is 0 Å². The third-order valence-corrected chi connectivity index (χ3v) is 1.99. The van der Waals surface area contributed by atoms with Crippen molar-refractivity contribution in [1.82, 2.24) is 0 Å². The molecule has 0 amide bonds. The Balaban J connectivity index is -0.000000414. The number of carbonyl (C=O) groups excluding carboxylic acids is 1. The topological polar surface area (TPSA) is 76.8 Å². The smallest absolute Gasteiger partial charge is 0 e. The van der Waals surface area contributed by atoms with Crippen molar-refractivity contribution >= 4 is 5.78 Å². The maximum atomic E-state index is 11.8. The Labute approximate surface area is 133 Å². The van der Waals surface area contributed by atoms with Crippen molar-refractivity contribution in [2.24, 2.45) is 0 Å². The number of rotatable bonds is 2. The molecule has 21 heavy (non-hydrogen) atoms. The molecule has 0 saturated carbocycles. The third kappa shape index (κ3) is 9.39. The predicted octanol–water partition coefficient (Wildman–Crippen LogP) is 2.60. The van der Waals surface area contributed by atoms with Crippen LogP contribution in [0.3, 0.4) is 0 Å². The van der Waals surface area contributed by atoms with Gasteiger partial charge < -0.3 is 4.79 Å². The molecular formula is C16H9MnO4-. The third-order valence-electron chi connectivity index (χ3n) is 1.99. The first-order chi connectivity index (χ1) is 9.88. The molecule has 0 saturated heterocycles. The summed E-state index contributed by atoms with van der Waals surface area (Å²) < 4.78 is 22.5. The molecular weight excluding hydrogens is 311 g/mol. The van der Waals surface area contributed by atoms with Crippen LogP contribution in [-0.2, 0) is 31.0 Å². The van der Waals surface area contributed by atoms with E-state index in [1.807, 2.05) is 42.5 Å². The molecule has 105 valence electrons. The van der Waals surface area contributed by atoms with E-state index < -0.39 is 0 Å². The Morgan fingerprint density at radius 3 is 1.71 bits per heavy atom. The zero-order valence-corrected chi connectivity index (χ0v) is 11.9. The summed E-state index contributed by atoms with van der Waals surface area (Å²) in [5.41, 5.74) is 1.31. The minimum Gasteiger partial charge on any atom is 0 e. The van der Waals surface area contributed by atoms with E-state index in [1.54, 1.807) is 12.1 Å². The Morgan fingerprint density at radius 1 is 0.810 bits per heavy atom. The zero-order valence-electron chi connectivity index (χ0n) is 10.7. The first kappa shape index (κ1) is 23.9. The van der Waals surface area contributed by atoms with Crippen LogP contribution in [0.1, 0.15) is 15.9 Å². The van der Waals surface area contributed by atoms with Crippen LogP contribution >= 0.6 is 0 Å². The van der Waals surface area contributed by atoms with Crippen molar-refractivity contribution in [2.75, 3.05) is 0 Å². The second-order valence-electron chi connectivity index (χ2n) is 2.97. The van der Waals surface area contributed by atoms with Gasteiger partial charge in [-0.05, 0) is 5.56 Å². The van der Waals surface area contributed by atoms with Gasteiger partial charge in [0.25, 0.3) is 0 Å². The Morgan fingerprint density at radius 2 is 1.29 bits per heavy atom. The van der Waals surface area contributed by atoms with Crippen LogP contribution < -0.4 is 0 Å². The average molecular weight is 320 g/mol. The van der Waals surface area contributed by atoms with Gasteiger partial charge in [-0.3, -0.25) is 0 Å². The molecule has 2 aromatic carbocycles. The van der Waals surface area contributed by atoms with Gasteiger partial charge in [0.15, 0.2) is 0 Å². The normalized spacial score (nSPS) is 6.76. The first-order valence-electron chi connectivity index (χ1n) is 5.05. The van der Waals surface area contributed by atoms with Gasteiger partial charge in [-0.2, -0.15) is 0 Å². The van der Waals surface area contributed by atoms with Gasteiger partial charge >= 0.3 is 33.9 Å². The second kappa shape index (κ2) is 17.8. The zero-order chi connectivity index (χ0) is 15.8. The summed E-state index contributed by atoms with van der Waals surface area (Å²) in [7, 11) is 0. The van der Waals surface area contributed by atoms with Gasteiger partial charge in [0.1, 0.15) is 5.78 Å². The maximum Gasteiger partial charge on any atom is 0 e. The minimum absolute atomic E-state index is 0. The van der Waals surface area contributed by atoms with E-state index in [0.717, 1.165) is 0 Å². The molecule has 4 nitrogen and oxygen atoms in total. The fraction of sp³-hybridized carbons (Fsp3) is 0. The number of hydrogen-bond acceptors (Lipinski definition) is 1. The number of ketones is 1. The van der Waals surface area contributed by atoms with E-state index >= 15 is 0 Å². The summed E-state index contributed by atoms with van der Waals surface area (Å²) in [5.74, 6) is 0.0196. The van der Waals surface area contributed by atoms with Crippen LogP contribution in [-0.4, -0.2) is 5.78 Å².